The van der Waals surface area contributed by atoms with Crippen LogP contribution in [-0.2, 0) is 0 Å². The van der Waals surface area contributed by atoms with E-state index < -0.39 is 6.61 Å². The van der Waals surface area contributed by atoms with E-state index in [4.69, 9.17) is 0 Å². The molecule has 0 fully saturated rings. The van der Waals surface area contributed by atoms with Gasteiger partial charge in [-0.15, -0.1) is 11.3 Å². The lowest BCUT2D eigenvalue weighted by atomic mass is 10.2. The number of ether oxygens (including phenoxy) is 1. The summed E-state index contributed by atoms with van der Waals surface area (Å²) in [6, 6.07) is 14.0. The molecule has 2 aromatic carbocycles. The first kappa shape index (κ1) is 18.5. The molecule has 3 aromatic rings. The largest absolute Gasteiger partial charge is 0.433 e. The molecule has 0 bridgehead atoms. The summed E-state index contributed by atoms with van der Waals surface area (Å²) in [6.07, 6.45) is 1.38. The van der Waals surface area contributed by atoms with Gasteiger partial charge in [0.05, 0.1) is 11.4 Å². The van der Waals surface area contributed by atoms with Crippen LogP contribution < -0.4 is 10.1 Å². The molecule has 3 rings (SSSR count). The maximum absolute atomic E-state index is 13.0. The second-order valence-electron chi connectivity index (χ2n) is 5.23. The van der Waals surface area contributed by atoms with Gasteiger partial charge >= 0.3 is 6.61 Å². The number of benzene rings is 2. The standard InChI is InChI=1S/C19H12F3N3OS/c20-14-7-5-12(6-8-14)16-11-27-18(25-16)13(9-23)10-24-15-3-1-2-4-17(15)26-19(21)22/h1-8,10-11,19,24H/b13-10-. The first-order valence-electron chi connectivity index (χ1n) is 7.69. The quantitative estimate of drug-likeness (QED) is 0.565. The molecule has 0 radical (unpaired) electrons. The lowest BCUT2D eigenvalue weighted by molar-refractivity contribution is -0.0493. The van der Waals surface area contributed by atoms with Crippen molar-refractivity contribution in [1.82, 2.24) is 4.98 Å². The Bertz CT molecular complexity index is 994. The summed E-state index contributed by atoms with van der Waals surface area (Å²) in [5.41, 5.74) is 1.85. The molecule has 0 aliphatic carbocycles. The Morgan fingerprint density at radius 1 is 1.19 bits per heavy atom. The third-order valence-corrected chi connectivity index (χ3v) is 4.35. The second-order valence-corrected chi connectivity index (χ2v) is 6.09. The van der Waals surface area contributed by atoms with Gasteiger partial charge in [0.1, 0.15) is 28.2 Å². The number of hydrogen-bond acceptors (Lipinski definition) is 5. The molecule has 1 N–H and O–H groups in total. The topological polar surface area (TPSA) is 57.9 Å². The molecule has 0 aliphatic heterocycles. The maximum atomic E-state index is 13.0. The number of aromatic nitrogens is 1. The minimum absolute atomic E-state index is 0.0350. The number of nitrogens with one attached hydrogen (secondary N) is 1. The summed E-state index contributed by atoms with van der Waals surface area (Å²) in [7, 11) is 0. The molecule has 27 heavy (non-hydrogen) atoms. The van der Waals surface area contributed by atoms with Crippen molar-refractivity contribution in [3.8, 4) is 23.1 Å². The number of thiazole rings is 1. The van der Waals surface area contributed by atoms with Crippen LogP contribution in [0.5, 0.6) is 5.75 Å². The smallest absolute Gasteiger partial charge is 0.387 e. The Morgan fingerprint density at radius 3 is 2.63 bits per heavy atom. The molecule has 136 valence electrons. The number of rotatable bonds is 6. The van der Waals surface area contributed by atoms with Crippen molar-refractivity contribution < 1.29 is 17.9 Å². The fourth-order valence-electron chi connectivity index (χ4n) is 2.23. The zero-order chi connectivity index (χ0) is 19.2. The van der Waals surface area contributed by atoms with Crippen molar-refractivity contribution in [3.63, 3.8) is 0 Å². The van der Waals surface area contributed by atoms with Gasteiger partial charge in [0.15, 0.2) is 0 Å². The first-order chi connectivity index (χ1) is 13.1. The molecule has 0 spiro atoms. The monoisotopic (exact) mass is 387 g/mol. The molecule has 0 unspecified atom stereocenters. The third kappa shape index (κ3) is 4.65. The SMILES string of the molecule is N#C/C(=C/Nc1ccccc1OC(F)F)c1nc(-c2ccc(F)cc2)cs1. The van der Waals surface area contributed by atoms with Crippen LogP contribution in [0, 0.1) is 17.1 Å². The second kappa shape index (κ2) is 8.38. The van der Waals surface area contributed by atoms with Crippen molar-refractivity contribution in [2.24, 2.45) is 0 Å². The summed E-state index contributed by atoms with van der Waals surface area (Å²) in [6.45, 7) is -2.95. The Kier molecular flexibility index (Phi) is 5.74. The summed E-state index contributed by atoms with van der Waals surface area (Å²) >= 11 is 1.24. The summed E-state index contributed by atoms with van der Waals surface area (Å²) in [5, 5.41) is 14.4. The van der Waals surface area contributed by atoms with E-state index in [-0.39, 0.29) is 17.1 Å². The Balaban J connectivity index is 1.82. The zero-order valence-electron chi connectivity index (χ0n) is 13.7. The molecule has 1 heterocycles. The van der Waals surface area contributed by atoms with E-state index in [1.165, 1.54) is 35.7 Å². The van der Waals surface area contributed by atoms with Crippen molar-refractivity contribution in [2.75, 3.05) is 5.32 Å². The number of para-hydroxylation sites is 2. The minimum Gasteiger partial charge on any atom is -0.433 e. The number of nitrogens with zero attached hydrogens (tertiary/aromatic N) is 2. The predicted molar refractivity (Wildman–Crippen MR) is 97.8 cm³/mol. The van der Waals surface area contributed by atoms with Crippen LogP contribution in [0.1, 0.15) is 5.01 Å². The minimum atomic E-state index is -2.95. The van der Waals surface area contributed by atoms with Crippen LogP contribution in [0.3, 0.4) is 0 Å². The highest BCUT2D eigenvalue weighted by Crippen LogP contribution is 2.28. The number of nitriles is 1. The Morgan fingerprint density at radius 2 is 1.93 bits per heavy atom. The number of allylic oxidation sites excluding steroid dienone is 1. The average Bonchev–Trinajstić information content (AvgIpc) is 3.13. The lowest BCUT2D eigenvalue weighted by Crippen LogP contribution is -2.04. The van der Waals surface area contributed by atoms with Crippen molar-refractivity contribution in [1.29, 1.82) is 5.26 Å². The van der Waals surface area contributed by atoms with E-state index in [9.17, 15) is 18.4 Å². The maximum Gasteiger partial charge on any atom is 0.387 e. The van der Waals surface area contributed by atoms with E-state index in [0.717, 1.165) is 5.56 Å². The highest BCUT2D eigenvalue weighted by Gasteiger charge is 2.11. The van der Waals surface area contributed by atoms with Gasteiger partial charge in [0, 0.05) is 17.1 Å². The molecular weight excluding hydrogens is 375 g/mol. The lowest BCUT2D eigenvalue weighted by Gasteiger charge is -2.10. The van der Waals surface area contributed by atoms with Gasteiger partial charge < -0.3 is 10.1 Å². The van der Waals surface area contributed by atoms with Gasteiger partial charge in [0.2, 0.25) is 0 Å². The van der Waals surface area contributed by atoms with E-state index >= 15 is 0 Å². The fourth-order valence-corrected chi connectivity index (χ4v) is 3.02. The van der Waals surface area contributed by atoms with Gasteiger partial charge in [-0.25, -0.2) is 9.37 Å². The number of alkyl halides is 2. The fraction of sp³-hybridized carbons (Fsp3) is 0.0526. The van der Waals surface area contributed by atoms with Crippen LogP contribution in [0.15, 0.2) is 60.1 Å². The average molecular weight is 387 g/mol. The van der Waals surface area contributed by atoms with Gasteiger partial charge in [-0.3, -0.25) is 0 Å². The predicted octanol–water partition coefficient (Wildman–Crippen LogP) is 5.53. The Labute approximate surface area is 157 Å². The van der Waals surface area contributed by atoms with Gasteiger partial charge in [-0.05, 0) is 36.4 Å². The summed E-state index contributed by atoms with van der Waals surface area (Å²) < 4.78 is 42.4. The number of anilines is 1. The molecule has 0 saturated carbocycles. The van der Waals surface area contributed by atoms with E-state index in [2.05, 4.69) is 15.0 Å². The molecule has 0 saturated heterocycles. The van der Waals surface area contributed by atoms with Crippen LogP contribution in [0.4, 0.5) is 18.9 Å². The zero-order valence-corrected chi connectivity index (χ0v) is 14.5. The highest BCUT2D eigenvalue weighted by atomic mass is 32.1. The van der Waals surface area contributed by atoms with E-state index in [1.54, 1.807) is 35.7 Å². The third-order valence-electron chi connectivity index (χ3n) is 3.47. The van der Waals surface area contributed by atoms with Crippen LogP contribution in [0.2, 0.25) is 0 Å². The van der Waals surface area contributed by atoms with Gasteiger partial charge in [-0.2, -0.15) is 14.0 Å². The Hall–Kier alpha value is -3.31. The molecule has 0 amide bonds. The molecular formula is C19H12F3N3OS. The van der Waals surface area contributed by atoms with E-state index in [0.29, 0.717) is 16.4 Å². The number of hydrogen-bond donors (Lipinski definition) is 1. The highest BCUT2D eigenvalue weighted by molar-refractivity contribution is 7.11. The van der Waals surface area contributed by atoms with Crippen molar-refractivity contribution in [3.05, 3.63) is 70.9 Å². The van der Waals surface area contributed by atoms with Crippen molar-refractivity contribution >= 4 is 22.6 Å². The van der Waals surface area contributed by atoms with E-state index in [1.807, 2.05) is 6.07 Å². The first-order valence-corrected chi connectivity index (χ1v) is 8.57. The molecule has 4 nitrogen and oxygen atoms in total. The summed E-state index contributed by atoms with van der Waals surface area (Å²) in [4.78, 5) is 4.38. The summed E-state index contributed by atoms with van der Waals surface area (Å²) in [5.74, 6) is -0.382. The van der Waals surface area contributed by atoms with Crippen LogP contribution in [-0.4, -0.2) is 11.6 Å². The van der Waals surface area contributed by atoms with Crippen LogP contribution in [0.25, 0.3) is 16.8 Å². The van der Waals surface area contributed by atoms with Crippen molar-refractivity contribution in [2.45, 2.75) is 6.61 Å². The molecule has 0 atom stereocenters. The molecule has 1 aromatic heterocycles. The normalized spacial score (nSPS) is 11.3. The van der Waals surface area contributed by atoms with Gasteiger partial charge in [-0.1, -0.05) is 12.1 Å². The number of halogens is 3. The molecule has 0 aliphatic rings. The van der Waals surface area contributed by atoms with Crippen LogP contribution >= 0.6 is 11.3 Å². The molecule has 8 heteroatoms. The van der Waals surface area contributed by atoms with Gasteiger partial charge in [0.25, 0.3) is 0 Å².